The molecule has 0 aliphatic rings. The van der Waals surface area contributed by atoms with Crippen LogP contribution in [-0.4, -0.2) is 86.8 Å². The summed E-state index contributed by atoms with van der Waals surface area (Å²) in [6.45, 7) is 10.3. The van der Waals surface area contributed by atoms with Gasteiger partial charge in [0.1, 0.15) is 0 Å². The van der Waals surface area contributed by atoms with E-state index in [1.165, 1.54) is 193 Å². The second-order valence-electron chi connectivity index (χ2n) is 14.5. The second kappa shape index (κ2) is 74.7. The van der Waals surface area contributed by atoms with Gasteiger partial charge in [-0.15, -0.1) is 0 Å². The van der Waals surface area contributed by atoms with E-state index in [0.29, 0.717) is 12.8 Å². The molecule has 0 aliphatic carbocycles. The molecular formula is C46H102NNaO7. The SMILES string of the molecule is CCCCCCCCCCCCCCCCCC(=O)O.CCCCCCCCCCCCCCCCCCCCCC(=O)O.CCO.CCO.CCO.N.[NaH]. The average Bonchev–Trinajstić information content (AvgIpc) is 3.12. The minimum absolute atomic E-state index is 0. The van der Waals surface area contributed by atoms with E-state index in [9.17, 15) is 9.59 Å². The van der Waals surface area contributed by atoms with Crippen molar-refractivity contribution in [2.45, 2.75) is 266 Å². The molecule has 9 heteroatoms. The molecule has 0 rings (SSSR count). The molecule has 0 bridgehead atoms. The second-order valence-corrected chi connectivity index (χ2v) is 14.5. The Morgan fingerprint density at radius 2 is 0.400 bits per heavy atom. The van der Waals surface area contributed by atoms with E-state index < -0.39 is 11.9 Å². The fraction of sp³-hybridized carbons (Fsp3) is 0.957. The first kappa shape index (κ1) is 69.4. The van der Waals surface area contributed by atoms with Crippen LogP contribution in [0.2, 0.25) is 0 Å². The van der Waals surface area contributed by atoms with Gasteiger partial charge in [-0.3, -0.25) is 9.59 Å². The van der Waals surface area contributed by atoms with E-state index in [1.54, 1.807) is 20.8 Å². The third kappa shape index (κ3) is 101. The monoisotopic (exact) mass is 804 g/mol. The number of hydrogen-bond donors (Lipinski definition) is 6. The van der Waals surface area contributed by atoms with Gasteiger partial charge in [-0.2, -0.15) is 0 Å². The predicted octanol–water partition coefficient (Wildman–Crippen LogP) is 13.7. The van der Waals surface area contributed by atoms with Gasteiger partial charge >= 0.3 is 41.5 Å². The van der Waals surface area contributed by atoms with Crippen LogP contribution >= 0.6 is 0 Å². The molecule has 0 aromatic heterocycles. The summed E-state index contributed by atoms with van der Waals surface area (Å²) >= 11 is 0. The molecule has 0 saturated heterocycles. The zero-order valence-electron chi connectivity index (χ0n) is 37.3. The van der Waals surface area contributed by atoms with Gasteiger partial charge in [0.2, 0.25) is 0 Å². The van der Waals surface area contributed by atoms with Crippen LogP contribution in [0.5, 0.6) is 0 Å². The van der Waals surface area contributed by atoms with Crippen molar-refractivity contribution in [3.8, 4) is 0 Å². The van der Waals surface area contributed by atoms with Gasteiger partial charge in [0, 0.05) is 32.7 Å². The van der Waals surface area contributed by atoms with E-state index in [2.05, 4.69) is 13.8 Å². The van der Waals surface area contributed by atoms with Gasteiger partial charge in [-0.1, -0.05) is 219 Å². The predicted molar refractivity (Wildman–Crippen MR) is 243 cm³/mol. The molecule has 0 atom stereocenters. The number of carboxylic acids is 2. The topological polar surface area (TPSA) is 170 Å². The van der Waals surface area contributed by atoms with E-state index in [-0.39, 0.29) is 55.5 Å². The van der Waals surface area contributed by atoms with Crippen LogP contribution in [0.15, 0.2) is 0 Å². The molecule has 0 amide bonds. The van der Waals surface area contributed by atoms with Crippen LogP contribution in [0.4, 0.5) is 0 Å². The Hall–Kier alpha value is -0.220. The van der Waals surface area contributed by atoms with E-state index in [0.717, 1.165) is 25.7 Å². The zero-order chi connectivity index (χ0) is 40.7. The summed E-state index contributed by atoms with van der Waals surface area (Å²) in [7, 11) is 0. The maximum absolute atomic E-state index is 10.4. The van der Waals surface area contributed by atoms with Crippen molar-refractivity contribution >= 4 is 41.5 Å². The normalized spacial score (nSPS) is 9.75. The molecule has 0 aromatic rings. The zero-order valence-corrected chi connectivity index (χ0v) is 37.3. The summed E-state index contributed by atoms with van der Waals surface area (Å²) < 4.78 is 0. The fourth-order valence-electron chi connectivity index (χ4n) is 6.00. The quantitative estimate of drug-likeness (QED) is 0.0268. The molecule has 8 N–H and O–H groups in total. The fourth-order valence-corrected chi connectivity index (χ4v) is 6.00. The van der Waals surface area contributed by atoms with E-state index >= 15 is 0 Å². The van der Waals surface area contributed by atoms with Crippen LogP contribution < -0.4 is 6.15 Å². The van der Waals surface area contributed by atoms with Gasteiger partial charge in [-0.05, 0) is 33.6 Å². The first-order valence-electron chi connectivity index (χ1n) is 23.0. The third-order valence-electron chi connectivity index (χ3n) is 8.99. The van der Waals surface area contributed by atoms with Gasteiger partial charge in [0.05, 0.1) is 0 Å². The van der Waals surface area contributed by atoms with E-state index in [4.69, 9.17) is 25.5 Å². The average molecular weight is 804 g/mol. The number of aliphatic carboxylic acids is 2. The molecule has 0 aromatic carbocycles. The molecule has 334 valence electrons. The molecule has 0 aliphatic heterocycles. The molecule has 0 fully saturated rings. The van der Waals surface area contributed by atoms with Gasteiger partial charge < -0.3 is 31.7 Å². The van der Waals surface area contributed by atoms with Crippen LogP contribution in [0, 0.1) is 0 Å². The standard InChI is InChI=1S/C22H44O2.C18H36O2.3C2H6O.H3N.Na.H/c1-2-3-4-5-6-7-8-9-10-11-12-13-14-15-16-17-18-19-20-21-22(23)24;1-2-3-4-5-6-7-8-9-10-11-12-13-14-15-16-17-18(19)20;3*1-2-3;;;/h2-21H2,1H3,(H,23,24);2-17H2,1H3,(H,19,20);3*3H,2H2,1H3;1H3;;. The number of carbonyl (C=O) groups is 2. The van der Waals surface area contributed by atoms with Crippen molar-refractivity contribution in [2.24, 2.45) is 0 Å². The first-order valence-corrected chi connectivity index (χ1v) is 23.0. The Balaban J connectivity index is -0.000000134. The summed E-state index contributed by atoms with van der Waals surface area (Å²) in [6, 6.07) is 0. The molecule has 0 saturated carbocycles. The van der Waals surface area contributed by atoms with Crippen molar-refractivity contribution in [3.63, 3.8) is 0 Å². The van der Waals surface area contributed by atoms with Crippen molar-refractivity contribution in [1.82, 2.24) is 6.15 Å². The Bertz CT molecular complexity index is 610. The van der Waals surface area contributed by atoms with Crippen molar-refractivity contribution in [3.05, 3.63) is 0 Å². The number of hydrogen-bond acceptors (Lipinski definition) is 6. The summed E-state index contributed by atoms with van der Waals surface area (Å²) in [5, 5.41) is 39.8. The molecule has 0 heterocycles. The minimum atomic E-state index is -0.653. The number of unbranched alkanes of at least 4 members (excludes halogenated alkanes) is 32. The summed E-state index contributed by atoms with van der Waals surface area (Å²) in [5.74, 6) is -1.30. The Morgan fingerprint density at radius 3 is 0.509 bits per heavy atom. The number of rotatable bonds is 36. The maximum atomic E-state index is 10.4. The van der Waals surface area contributed by atoms with E-state index in [1.807, 2.05) is 0 Å². The number of aliphatic hydroxyl groups is 3. The third-order valence-corrected chi connectivity index (χ3v) is 8.99. The number of aliphatic hydroxyl groups excluding tert-OH is 3. The van der Waals surface area contributed by atoms with Crippen molar-refractivity contribution in [1.29, 1.82) is 0 Å². The van der Waals surface area contributed by atoms with Crippen molar-refractivity contribution < 1.29 is 35.1 Å². The van der Waals surface area contributed by atoms with Gasteiger partial charge in [0.15, 0.2) is 0 Å². The van der Waals surface area contributed by atoms with Crippen LogP contribution in [-0.2, 0) is 9.59 Å². The van der Waals surface area contributed by atoms with Crippen LogP contribution in [0.25, 0.3) is 0 Å². The van der Waals surface area contributed by atoms with Crippen LogP contribution in [0.3, 0.4) is 0 Å². The molecule has 8 nitrogen and oxygen atoms in total. The van der Waals surface area contributed by atoms with Gasteiger partial charge in [0.25, 0.3) is 0 Å². The molecular weight excluding hydrogens is 701 g/mol. The molecule has 55 heavy (non-hydrogen) atoms. The summed E-state index contributed by atoms with van der Waals surface area (Å²) in [5.41, 5.74) is 0. The summed E-state index contributed by atoms with van der Waals surface area (Å²) in [6.07, 6.45) is 46.3. The van der Waals surface area contributed by atoms with Crippen LogP contribution in [0.1, 0.15) is 266 Å². The number of carboxylic acid groups (broad SMARTS) is 2. The first-order chi connectivity index (χ1) is 25.8. The molecule has 0 unspecified atom stereocenters. The molecule has 0 radical (unpaired) electrons. The Kier molecular flexibility index (Phi) is 94.3. The Morgan fingerprint density at radius 1 is 0.291 bits per heavy atom. The summed E-state index contributed by atoms with van der Waals surface area (Å²) in [4.78, 5) is 20.7. The molecule has 0 spiro atoms. The van der Waals surface area contributed by atoms with Gasteiger partial charge in [-0.25, -0.2) is 0 Å². The van der Waals surface area contributed by atoms with Crippen molar-refractivity contribution in [2.75, 3.05) is 19.8 Å². The Labute approximate surface area is 366 Å².